The quantitative estimate of drug-likeness (QED) is 0.900. The Morgan fingerprint density at radius 2 is 2.14 bits per heavy atom. The molecule has 1 aromatic rings. The van der Waals surface area contributed by atoms with Gasteiger partial charge in [0.25, 0.3) is 0 Å². The first-order chi connectivity index (χ1) is 10.2. The van der Waals surface area contributed by atoms with E-state index in [4.69, 9.17) is 0 Å². The van der Waals surface area contributed by atoms with Gasteiger partial charge in [0.1, 0.15) is 0 Å². The largest absolute Gasteiger partial charge is 0.368 e. The van der Waals surface area contributed by atoms with Gasteiger partial charge in [-0.15, -0.1) is 0 Å². The second-order valence-electron chi connectivity index (χ2n) is 6.53. The first-order valence-corrected chi connectivity index (χ1v) is 8.35. The van der Waals surface area contributed by atoms with Gasteiger partial charge >= 0.3 is 0 Å². The Morgan fingerprint density at radius 1 is 1.33 bits per heavy atom. The number of aryl methyl sites for hydroxylation is 1. The van der Waals surface area contributed by atoms with Crippen LogP contribution >= 0.6 is 0 Å². The highest BCUT2D eigenvalue weighted by atomic mass is 15.3. The van der Waals surface area contributed by atoms with Crippen LogP contribution in [0.2, 0.25) is 0 Å². The van der Waals surface area contributed by atoms with Crippen molar-refractivity contribution in [1.82, 2.24) is 15.2 Å². The molecule has 0 spiro atoms. The summed E-state index contributed by atoms with van der Waals surface area (Å²) in [6.45, 7) is 12.2. The van der Waals surface area contributed by atoms with E-state index in [1.807, 2.05) is 0 Å². The lowest BCUT2D eigenvalue weighted by Crippen LogP contribution is -2.52. The highest BCUT2D eigenvalue weighted by molar-refractivity contribution is 5.54. The van der Waals surface area contributed by atoms with Crippen molar-refractivity contribution in [2.24, 2.45) is 0 Å². The number of rotatable bonds is 5. The van der Waals surface area contributed by atoms with Gasteiger partial charge in [-0.1, -0.05) is 6.92 Å². The summed E-state index contributed by atoms with van der Waals surface area (Å²) in [5.41, 5.74) is 3.86. The zero-order valence-corrected chi connectivity index (χ0v) is 13.6. The van der Waals surface area contributed by atoms with E-state index in [2.05, 4.69) is 53.1 Å². The fraction of sp³-hybridized carbons (Fsp3) is 0.706. The second kappa shape index (κ2) is 6.32. The molecular formula is C17H28N4. The van der Waals surface area contributed by atoms with Crippen LogP contribution in [0.1, 0.15) is 37.9 Å². The van der Waals surface area contributed by atoms with E-state index in [0.29, 0.717) is 6.04 Å². The number of pyridine rings is 1. The van der Waals surface area contributed by atoms with E-state index in [-0.39, 0.29) is 0 Å². The molecule has 2 aliphatic rings. The monoisotopic (exact) mass is 288 g/mol. The highest BCUT2D eigenvalue weighted by Crippen LogP contribution is 2.26. The van der Waals surface area contributed by atoms with Gasteiger partial charge < -0.3 is 10.2 Å². The Kier molecular flexibility index (Phi) is 4.45. The van der Waals surface area contributed by atoms with Crippen molar-refractivity contribution >= 4 is 5.69 Å². The number of likely N-dealkylation sites (N-methyl/N-ethyl adjacent to an activating group) is 1. The Labute approximate surface area is 128 Å². The number of nitrogens with one attached hydrogen (secondary N) is 1. The van der Waals surface area contributed by atoms with Crippen LogP contribution in [0.15, 0.2) is 12.3 Å². The number of hydrogen-bond acceptors (Lipinski definition) is 4. The number of hydrogen-bond donors (Lipinski definition) is 1. The molecule has 0 amide bonds. The summed E-state index contributed by atoms with van der Waals surface area (Å²) in [4.78, 5) is 9.62. The van der Waals surface area contributed by atoms with Gasteiger partial charge in [0.05, 0.1) is 0 Å². The van der Waals surface area contributed by atoms with Crippen LogP contribution in [0.4, 0.5) is 5.69 Å². The molecule has 2 heterocycles. The molecule has 1 saturated heterocycles. The van der Waals surface area contributed by atoms with Crippen molar-refractivity contribution in [2.45, 2.75) is 52.2 Å². The zero-order valence-electron chi connectivity index (χ0n) is 13.6. The predicted octanol–water partition coefficient (Wildman–Crippen LogP) is 2.17. The maximum Gasteiger partial charge on any atom is 0.0446 e. The van der Waals surface area contributed by atoms with Crippen LogP contribution in [-0.2, 0) is 6.54 Å². The van der Waals surface area contributed by atoms with Gasteiger partial charge in [-0.2, -0.15) is 0 Å². The summed E-state index contributed by atoms with van der Waals surface area (Å²) < 4.78 is 0. The van der Waals surface area contributed by atoms with Crippen LogP contribution in [0.3, 0.4) is 0 Å². The smallest absolute Gasteiger partial charge is 0.0446 e. The molecule has 21 heavy (non-hydrogen) atoms. The Balaban J connectivity index is 1.74. The first kappa shape index (κ1) is 14.8. The van der Waals surface area contributed by atoms with Crippen molar-refractivity contribution < 1.29 is 0 Å². The molecule has 1 aliphatic carbocycles. The standard InChI is InChI=1S/C17H28N4/c1-4-20-7-8-21(12-14(20)3)17-9-13(2)18-10-15(17)11-19-16-5-6-16/h9-10,14,16,19H,4-8,11-12H2,1-3H3. The van der Waals surface area contributed by atoms with Crippen molar-refractivity contribution in [3.63, 3.8) is 0 Å². The lowest BCUT2D eigenvalue weighted by atomic mass is 10.1. The van der Waals surface area contributed by atoms with Gasteiger partial charge in [-0.25, -0.2) is 0 Å². The topological polar surface area (TPSA) is 31.4 Å². The molecule has 4 nitrogen and oxygen atoms in total. The molecule has 1 saturated carbocycles. The minimum atomic E-state index is 0.626. The third-order valence-electron chi connectivity index (χ3n) is 4.77. The number of anilines is 1. The SMILES string of the molecule is CCN1CCN(c2cc(C)ncc2CNC2CC2)CC1C. The second-order valence-corrected chi connectivity index (χ2v) is 6.53. The summed E-state index contributed by atoms with van der Waals surface area (Å²) in [6.07, 6.45) is 4.73. The molecule has 1 unspecified atom stereocenters. The molecule has 2 fully saturated rings. The minimum absolute atomic E-state index is 0.626. The van der Waals surface area contributed by atoms with E-state index >= 15 is 0 Å². The van der Waals surface area contributed by atoms with E-state index in [1.54, 1.807) is 0 Å². The van der Waals surface area contributed by atoms with E-state index in [0.717, 1.165) is 44.5 Å². The summed E-state index contributed by atoms with van der Waals surface area (Å²) in [6, 6.07) is 3.63. The predicted molar refractivity (Wildman–Crippen MR) is 87.8 cm³/mol. The molecule has 0 aromatic carbocycles. The maximum atomic E-state index is 4.51. The van der Waals surface area contributed by atoms with Crippen LogP contribution in [0, 0.1) is 6.92 Å². The molecule has 4 heteroatoms. The summed E-state index contributed by atoms with van der Waals surface area (Å²) in [7, 11) is 0. The number of nitrogens with zero attached hydrogens (tertiary/aromatic N) is 3. The Morgan fingerprint density at radius 3 is 2.81 bits per heavy atom. The van der Waals surface area contributed by atoms with Gasteiger partial charge in [0, 0.05) is 61.4 Å². The molecule has 116 valence electrons. The van der Waals surface area contributed by atoms with Crippen molar-refractivity contribution in [1.29, 1.82) is 0 Å². The van der Waals surface area contributed by atoms with Crippen LogP contribution < -0.4 is 10.2 Å². The van der Waals surface area contributed by atoms with Gasteiger partial charge in [0.2, 0.25) is 0 Å². The lowest BCUT2D eigenvalue weighted by molar-refractivity contribution is 0.199. The van der Waals surface area contributed by atoms with Gasteiger partial charge in [-0.3, -0.25) is 9.88 Å². The minimum Gasteiger partial charge on any atom is -0.368 e. The third-order valence-corrected chi connectivity index (χ3v) is 4.77. The van der Waals surface area contributed by atoms with E-state index in [9.17, 15) is 0 Å². The van der Waals surface area contributed by atoms with E-state index in [1.165, 1.54) is 24.1 Å². The normalized spacial score (nSPS) is 23.6. The average Bonchev–Trinajstić information content (AvgIpc) is 3.30. The molecule has 1 N–H and O–H groups in total. The summed E-state index contributed by atoms with van der Waals surface area (Å²) in [5, 5.41) is 3.63. The molecule has 3 rings (SSSR count). The zero-order chi connectivity index (χ0) is 14.8. The molecular weight excluding hydrogens is 260 g/mol. The van der Waals surface area contributed by atoms with Crippen molar-refractivity contribution in [2.75, 3.05) is 31.1 Å². The summed E-state index contributed by atoms with van der Waals surface area (Å²) in [5.74, 6) is 0. The summed E-state index contributed by atoms with van der Waals surface area (Å²) >= 11 is 0. The van der Waals surface area contributed by atoms with Crippen LogP contribution in [0.25, 0.3) is 0 Å². The maximum absolute atomic E-state index is 4.51. The van der Waals surface area contributed by atoms with Crippen molar-refractivity contribution in [3.8, 4) is 0 Å². The lowest BCUT2D eigenvalue weighted by Gasteiger charge is -2.41. The number of piperazine rings is 1. The molecule has 1 atom stereocenters. The fourth-order valence-electron chi connectivity index (χ4n) is 3.23. The highest BCUT2D eigenvalue weighted by Gasteiger charge is 2.25. The van der Waals surface area contributed by atoms with Gasteiger partial charge in [0.15, 0.2) is 0 Å². The van der Waals surface area contributed by atoms with Crippen LogP contribution in [0.5, 0.6) is 0 Å². The fourth-order valence-corrected chi connectivity index (χ4v) is 3.23. The first-order valence-electron chi connectivity index (χ1n) is 8.35. The molecule has 0 bridgehead atoms. The van der Waals surface area contributed by atoms with Crippen molar-refractivity contribution in [3.05, 3.63) is 23.5 Å². The van der Waals surface area contributed by atoms with Gasteiger partial charge in [-0.05, 0) is 39.3 Å². The third kappa shape index (κ3) is 3.55. The van der Waals surface area contributed by atoms with Crippen LogP contribution in [-0.4, -0.2) is 48.1 Å². The average molecular weight is 288 g/mol. The Hall–Kier alpha value is -1.13. The van der Waals surface area contributed by atoms with E-state index < -0.39 is 0 Å². The molecule has 1 aliphatic heterocycles. The molecule has 0 radical (unpaired) electrons. The molecule has 1 aromatic heterocycles. The number of aromatic nitrogens is 1. The Bertz CT molecular complexity index is 484.